The summed E-state index contributed by atoms with van der Waals surface area (Å²) in [6.07, 6.45) is -0.252. The lowest BCUT2D eigenvalue weighted by Crippen LogP contribution is -2.48. The molecule has 0 aromatic rings. The predicted molar refractivity (Wildman–Crippen MR) is 77.4 cm³/mol. The van der Waals surface area contributed by atoms with Gasteiger partial charge in [0.1, 0.15) is 0 Å². The highest BCUT2D eigenvalue weighted by atomic mass is 28.3. The maximum Gasteiger partial charge on any atom is 0.407 e. The van der Waals surface area contributed by atoms with Gasteiger partial charge in [-0.25, -0.2) is 4.79 Å². The fourth-order valence-electron chi connectivity index (χ4n) is 2.18. The van der Waals surface area contributed by atoms with Gasteiger partial charge in [-0.15, -0.1) is 0 Å². The predicted octanol–water partition coefficient (Wildman–Crippen LogP) is 1.66. The molecular formula is C13H25NO5Si. The monoisotopic (exact) mass is 303 g/mol. The van der Waals surface area contributed by atoms with Gasteiger partial charge < -0.3 is 20.3 Å². The largest absolute Gasteiger partial charge is 0.481 e. The van der Waals surface area contributed by atoms with Crippen LogP contribution in [0, 0.1) is 5.92 Å². The average molecular weight is 303 g/mol. The molecule has 1 aliphatic carbocycles. The van der Waals surface area contributed by atoms with E-state index in [4.69, 9.17) is 9.84 Å². The zero-order valence-electron chi connectivity index (χ0n) is 12.4. The highest BCUT2D eigenvalue weighted by molar-refractivity contribution is 6.76. The summed E-state index contributed by atoms with van der Waals surface area (Å²) in [5, 5.41) is 21.4. The number of rotatable bonds is 5. The summed E-state index contributed by atoms with van der Waals surface area (Å²) < 4.78 is 5.10. The molecule has 0 aromatic carbocycles. The quantitative estimate of drug-likeness (QED) is 0.671. The van der Waals surface area contributed by atoms with Gasteiger partial charge in [-0.05, 0) is 25.3 Å². The first-order valence-corrected chi connectivity index (χ1v) is 10.7. The van der Waals surface area contributed by atoms with Gasteiger partial charge in [-0.3, -0.25) is 4.79 Å². The van der Waals surface area contributed by atoms with Crippen LogP contribution >= 0.6 is 0 Å². The van der Waals surface area contributed by atoms with Gasteiger partial charge in [0.25, 0.3) is 0 Å². The first kappa shape index (κ1) is 17.0. The van der Waals surface area contributed by atoms with Gasteiger partial charge in [-0.1, -0.05) is 19.6 Å². The van der Waals surface area contributed by atoms with Crippen LogP contribution in [0.1, 0.15) is 19.3 Å². The minimum Gasteiger partial charge on any atom is -0.481 e. The number of hydrogen-bond donors (Lipinski definition) is 3. The summed E-state index contributed by atoms with van der Waals surface area (Å²) in [7, 11) is -1.23. The van der Waals surface area contributed by atoms with E-state index in [2.05, 4.69) is 25.0 Å². The molecule has 0 aromatic heterocycles. The second kappa shape index (κ2) is 7.08. The Morgan fingerprint density at radius 2 is 1.95 bits per heavy atom. The molecule has 0 radical (unpaired) electrons. The third-order valence-corrected chi connectivity index (χ3v) is 5.26. The third-order valence-electron chi connectivity index (χ3n) is 3.55. The Morgan fingerprint density at radius 3 is 2.45 bits per heavy atom. The van der Waals surface area contributed by atoms with Crippen molar-refractivity contribution in [2.24, 2.45) is 5.92 Å². The van der Waals surface area contributed by atoms with Crippen LogP contribution in [0.15, 0.2) is 0 Å². The summed E-state index contributed by atoms with van der Waals surface area (Å²) in [6, 6.07) is 0.485. The lowest BCUT2D eigenvalue weighted by atomic mass is 9.84. The highest BCUT2D eigenvalue weighted by Crippen LogP contribution is 2.25. The molecule has 7 heteroatoms. The molecular weight excluding hydrogens is 278 g/mol. The molecule has 0 heterocycles. The van der Waals surface area contributed by atoms with E-state index in [0.717, 1.165) is 6.04 Å². The van der Waals surface area contributed by atoms with Crippen molar-refractivity contribution in [2.75, 3.05) is 6.61 Å². The molecule has 0 bridgehead atoms. The molecule has 6 nitrogen and oxygen atoms in total. The fraction of sp³-hybridized carbons (Fsp3) is 0.846. The number of alkyl carbamates (subject to hydrolysis) is 1. The van der Waals surface area contributed by atoms with Gasteiger partial charge >= 0.3 is 12.1 Å². The van der Waals surface area contributed by atoms with Crippen molar-refractivity contribution in [3.63, 3.8) is 0 Å². The van der Waals surface area contributed by atoms with Gasteiger partial charge in [0.05, 0.1) is 24.7 Å². The van der Waals surface area contributed by atoms with E-state index in [0.29, 0.717) is 19.4 Å². The Balaban J connectivity index is 2.31. The van der Waals surface area contributed by atoms with Crippen molar-refractivity contribution in [1.82, 2.24) is 5.32 Å². The summed E-state index contributed by atoms with van der Waals surface area (Å²) in [4.78, 5) is 22.5. The number of carboxylic acids is 1. The molecule has 0 spiro atoms. The van der Waals surface area contributed by atoms with Gasteiger partial charge in [-0.2, -0.15) is 0 Å². The van der Waals surface area contributed by atoms with Gasteiger partial charge in [0.2, 0.25) is 0 Å². The number of hydrogen-bond acceptors (Lipinski definition) is 4. The molecule has 1 saturated carbocycles. The summed E-state index contributed by atoms with van der Waals surface area (Å²) in [5.74, 6) is -1.41. The van der Waals surface area contributed by atoms with Crippen molar-refractivity contribution >= 4 is 20.1 Å². The van der Waals surface area contributed by atoms with Crippen molar-refractivity contribution in [2.45, 2.75) is 57.1 Å². The Hall–Kier alpha value is -1.08. The molecule has 0 aliphatic heterocycles. The maximum atomic E-state index is 11.6. The number of aliphatic hydroxyl groups is 1. The van der Waals surface area contributed by atoms with Crippen LogP contribution in [-0.4, -0.2) is 49.1 Å². The lowest BCUT2D eigenvalue weighted by molar-refractivity contribution is -0.144. The second-order valence-electron chi connectivity index (χ2n) is 6.61. The highest BCUT2D eigenvalue weighted by Gasteiger charge is 2.33. The first-order chi connectivity index (χ1) is 9.19. The summed E-state index contributed by atoms with van der Waals surface area (Å²) in [6.45, 7) is 6.99. The Labute approximate surface area is 120 Å². The van der Waals surface area contributed by atoms with E-state index in [1.807, 2.05) is 0 Å². The van der Waals surface area contributed by atoms with E-state index < -0.39 is 38.2 Å². The number of carbonyl (C=O) groups excluding carboxylic acids is 1. The van der Waals surface area contributed by atoms with E-state index in [-0.39, 0.29) is 6.42 Å². The number of carboxylic acid groups (broad SMARTS) is 1. The van der Waals surface area contributed by atoms with Crippen LogP contribution < -0.4 is 5.32 Å². The zero-order valence-corrected chi connectivity index (χ0v) is 13.4. The molecule has 20 heavy (non-hydrogen) atoms. The van der Waals surface area contributed by atoms with Crippen LogP contribution in [0.2, 0.25) is 25.7 Å². The standard InChI is InChI=1S/C13H25NO5Si/c1-20(2,3)7-6-19-13(18)14-10-5-4-9(12(16)17)8-11(10)15/h9-11,15H,4-8H2,1-3H3,(H,14,18)(H,16,17). The molecule has 3 N–H and O–H groups in total. The number of nitrogens with one attached hydrogen (secondary N) is 1. The molecule has 1 aliphatic rings. The Morgan fingerprint density at radius 1 is 1.30 bits per heavy atom. The lowest BCUT2D eigenvalue weighted by Gasteiger charge is -2.31. The zero-order chi connectivity index (χ0) is 15.3. The van der Waals surface area contributed by atoms with E-state index >= 15 is 0 Å². The number of carbonyl (C=O) groups is 2. The normalized spacial score (nSPS) is 26.9. The van der Waals surface area contributed by atoms with E-state index in [9.17, 15) is 14.7 Å². The Bertz CT molecular complexity index is 355. The molecule has 116 valence electrons. The smallest absolute Gasteiger partial charge is 0.407 e. The first-order valence-electron chi connectivity index (χ1n) is 7.03. The summed E-state index contributed by atoms with van der Waals surface area (Å²) in [5.41, 5.74) is 0. The van der Waals surface area contributed by atoms with Crippen molar-refractivity contribution in [3.05, 3.63) is 0 Å². The average Bonchev–Trinajstić information content (AvgIpc) is 2.29. The summed E-state index contributed by atoms with van der Waals surface area (Å²) >= 11 is 0. The van der Waals surface area contributed by atoms with Crippen molar-refractivity contribution < 1.29 is 24.5 Å². The van der Waals surface area contributed by atoms with Crippen molar-refractivity contribution in [3.8, 4) is 0 Å². The maximum absolute atomic E-state index is 11.6. The van der Waals surface area contributed by atoms with E-state index in [1.54, 1.807) is 0 Å². The van der Waals surface area contributed by atoms with Gasteiger partial charge in [0.15, 0.2) is 0 Å². The van der Waals surface area contributed by atoms with Gasteiger partial charge in [0, 0.05) is 8.07 Å². The van der Waals surface area contributed by atoms with Crippen LogP contribution in [0.5, 0.6) is 0 Å². The second-order valence-corrected chi connectivity index (χ2v) is 12.2. The van der Waals surface area contributed by atoms with Crippen molar-refractivity contribution in [1.29, 1.82) is 0 Å². The fourth-order valence-corrected chi connectivity index (χ4v) is 2.90. The minimum absolute atomic E-state index is 0.176. The molecule has 3 atom stereocenters. The Kier molecular flexibility index (Phi) is 6.00. The molecule has 1 fully saturated rings. The van der Waals surface area contributed by atoms with Crippen LogP contribution in [0.4, 0.5) is 4.79 Å². The number of aliphatic hydroxyl groups excluding tert-OH is 1. The topological polar surface area (TPSA) is 95.9 Å². The molecule has 1 amide bonds. The van der Waals surface area contributed by atoms with Crippen LogP contribution in [-0.2, 0) is 9.53 Å². The van der Waals surface area contributed by atoms with E-state index in [1.165, 1.54) is 0 Å². The van der Waals surface area contributed by atoms with Crippen LogP contribution in [0.25, 0.3) is 0 Å². The molecule has 3 unspecified atom stereocenters. The third kappa shape index (κ3) is 5.92. The number of aliphatic carboxylic acids is 1. The number of amides is 1. The number of ether oxygens (including phenoxy) is 1. The molecule has 1 rings (SSSR count). The SMILES string of the molecule is C[Si](C)(C)CCOC(=O)NC1CCC(C(=O)O)CC1O. The molecule has 0 saturated heterocycles. The minimum atomic E-state index is -1.23. The van der Waals surface area contributed by atoms with Crippen LogP contribution in [0.3, 0.4) is 0 Å².